The van der Waals surface area contributed by atoms with E-state index in [0.717, 1.165) is 18.7 Å². The highest BCUT2D eigenvalue weighted by molar-refractivity contribution is 5.57. The van der Waals surface area contributed by atoms with Gasteiger partial charge in [-0.2, -0.15) is 0 Å². The van der Waals surface area contributed by atoms with Crippen LogP contribution < -0.4 is 10.6 Å². The van der Waals surface area contributed by atoms with Gasteiger partial charge >= 0.3 is 0 Å². The van der Waals surface area contributed by atoms with Crippen molar-refractivity contribution < 1.29 is 9.50 Å². The highest BCUT2D eigenvalue weighted by atomic mass is 19.1. The average Bonchev–Trinajstić information content (AvgIpc) is 2.69. The third kappa shape index (κ3) is 2.22. The maximum Gasteiger partial charge on any atom is 0.130 e. The molecule has 0 radical (unpaired) electrons. The molecule has 4 heteroatoms. The van der Waals surface area contributed by atoms with Gasteiger partial charge < -0.3 is 15.7 Å². The number of nitrogens with zero attached hydrogens (tertiary/aromatic N) is 1. The Morgan fingerprint density at radius 3 is 2.89 bits per heavy atom. The summed E-state index contributed by atoms with van der Waals surface area (Å²) in [5.74, 6) is 0.151. The van der Waals surface area contributed by atoms with Crippen molar-refractivity contribution in [3.05, 3.63) is 29.6 Å². The van der Waals surface area contributed by atoms with Gasteiger partial charge in [-0.15, -0.1) is 0 Å². The molecule has 0 aromatic heterocycles. The minimum atomic E-state index is -0.351. The predicted molar refractivity (Wildman–Crippen MR) is 71.0 cm³/mol. The standard InChI is InChI=1S/C14H21FN2O/c1-9-6-7-17(13(9)8-18)12-5-3-4-11(15)14(12)10(2)16/h3-5,9-10,13,18H,6-8,16H2,1-2H3. The van der Waals surface area contributed by atoms with Gasteiger partial charge in [-0.3, -0.25) is 0 Å². The molecule has 1 fully saturated rings. The lowest BCUT2D eigenvalue weighted by Crippen LogP contribution is -2.36. The number of hydrogen-bond acceptors (Lipinski definition) is 3. The summed E-state index contributed by atoms with van der Waals surface area (Å²) in [7, 11) is 0. The minimum Gasteiger partial charge on any atom is -0.394 e. The molecule has 1 aliphatic heterocycles. The van der Waals surface area contributed by atoms with Gasteiger partial charge in [-0.25, -0.2) is 4.39 Å². The first-order chi connectivity index (χ1) is 8.56. The van der Waals surface area contributed by atoms with E-state index in [1.807, 2.05) is 6.07 Å². The topological polar surface area (TPSA) is 49.5 Å². The second kappa shape index (κ2) is 5.24. The van der Waals surface area contributed by atoms with Gasteiger partial charge in [0.2, 0.25) is 0 Å². The average molecular weight is 252 g/mol. The molecule has 0 bridgehead atoms. The maximum absolute atomic E-state index is 13.9. The molecule has 1 heterocycles. The van der Waals surface area contributed by atoms with Gasteiger partial charge in [0.05, 0.1) is 12.6 Å². The van der Waals surface area contributed by atoms with Gasteiger partial charge in [-0.1, -0.05) is 13.0 Å². The van der Waals surface area contributed by atoms with E-state index < -0.39 is 0 Å². The number of rotatable bonds is 3. The van der Waals surface area contributed by atoms with Crippen LogP contribution >= 0.6 is 0 Å². The summed E-state index contributed by atoms with van der Waals surface area (Å²) in [5.41, 5.74) is 7.25. The first kappa shape index (κ1) is 13.3. The molecule has 1 aromatic rings. The summed E-state index contributed by atoms with van der Waals surface area (Å²) in [6.07, 6.45) is 1.01. The van der Waals surface area contributed by atoms with E-state index >= 15 is 0 Å². The molecule has 3 atom stereocenters. The highest BCUT2D eigenvalue weighted by Gasteiger charge is 2.32. The number of hydrogen-bond donors (Lipinski definition) is 2. The van der Waals surface area contributed by atoms with E-state index in [-0.39, 0.29) is 24.5 Å². The van der Waals surface area contributed by atoms with Crippen LogP contribution in [0.5, 0.6) is 0 Å². The maximum atomic E-state index is 13.9. The van der Waals surface area contributed by atoms with E-state index in [2.05, 4.69) is 11.8 Å². The van der Waals surface area contributed by atoms with Crippen molar-refractivity contribution in [3.8, 4) is 0 Å². The second-order valence-electron chi connectivity index (χ2n) is 5.17. The zero-order valence-corrected chi connectivity index (χ0v) is 10.9. The smallest absolute Gasteiger partial charge is 0.130 e. The van der Waals surface area contributed by atoms with Crippen molar-refractivity contribution in [2.45, 2.75) is 32.4 Å². The number of aliphatic hydroxyl groups is 1. The monoisotopic (exact) mass is 252 g/mol. The summed E-state index contributed by atoms with van der Waals surface area (Å²) < 4.78 is 13.9. The lowest BCUT2D eigenvalue weighted by molar-refractivity contribution is 0.244. The van der Waals surface area contributed by atoms with Gasteiger partial charge in [0.15, 0.2) is 0 Å². The lowest BCUT2D eigenvalue weighted by atomic mass is 10.0. The van der Waals surface area contributed by atoms with E-state index in [1.165, 1.54) is 6.07 Å². The van der Waals surface area contributed by atoms with Crippen LogP contribution in [-0.2, 0) is 0 Å². The molecule has 0 spiro atoms. The lowest BCUT2D eigenvalue weighted by Gasteiger charge is -2.30. The molecule has 3 nitrogen and oxygen atoms in total. The van der Waals surface area contributed by atoms with Crippen molar-refractivity contribution in [2.24, 2.45) is 11.7 Å². The Morgan fingerprint density at radius 1 is 1.56 bits per heavy atom. The van der Waals surface area contributed by atoms with Gasteiger partial charge in [0.1, 0.15) is 5.82 Å². The molecule has 3 N–H and O–H groups in total. The Labute approximate surface area is 107 Å². The molecule has 2 rings (SSSR count). The van der Waals surface area contributed by atoms with Crippen LogP contribution in [0.1, 0.15) is 31.9 Å². The van der Waals surface area contributed by atoms with Gasteiger partial charge in [0, 0.05) is 23.8 Å². The van der Waals surface area contributed by atoms with Crippen LogP contribution in [0.25, 0.3) is 0 Å². The molecule has 0 saturated carbocycles. The summed E-state index contributed by atoms with van der Waals surface area (Å²) in [6, 6.07) is 4.74. The van der Waals surface area contributed by atoms with Crippen LogP contribution in [0.15, 0.2) is 18.2 Å². The fraction of sp³-hybridized carbons (Fsp3) is 0.571. The van der Waals surface area contributed by atoms with Crippen LogP contribution in [0.4, 0.5) is 10.1 Å². The molecular formula is C14H21FN2O. The molecule has 1 aliphatic rings. The quantitative estimate of drug-likeness (QED) is 0.865. The van der Waals surface area contributed by atoms with Gasteiger partial charge in [-0.05, 0) is 31.4 Å². The summed E-state index contributed by atoms with van der Waals surface area (Å²) in [4.78, 5) is 2.09. The number of nitrogens with two attached hydrogens (primary N) is 1. The molecule has 3 unspecified atom stereocenters. The molecule has 0 aliphatic carbocycles. The van der Waals surface area contributed by atoms with Crippen molar-refractivity contribution in [2.75, 3.05) is 18.1 Å². The molecule has 100 valence electrons. The third-order valence-corrected chi connectivity index (χ3v) is 3.86. The van der Waals surface area contributed by atoms with E-state index in [4.69, 9.17) is 5.73 Å². The summed E-state index contributed by atoms with van der Waals surface area (Å²) in [6.45, 7) is 4.84. The normalized spacial score (nSPS) is 25.5. The third-order valence-electron chi connectivity index (χ3n) is 3.86. The number of anilines is 1. The Balaban J connectivity index is 2.42. The molecule has 0 amide bonds. The Bertz CT molecular complexity index is 422. The van der Waals surface area contributed by atoms with Crippen LogP contribution in [0.2, 0.25) is 0 Å². The molecule has 1 aromatic carbocycles. The number of benzene rings is 1. The highest BCUT2D eigenvalue weighted by Crippen LogP contribution is 2.34. The zero-order valence-electron chi connectivity index (χ0n) is 10.9. The summed E-state index contributed by atoms with van der Waals surface area (Å²) >= 11 is 0. The predicted octanol–water partition coefficient (Wildman–Crippen LogP) is 2.05. The van der Waals surface area contributed by atoms with Crippen LogP contribution in [0, 0.1) is 11.7 Å². The Hall–Kier alpha value is -1.13. The number of aliphatic hydroxyl groups excluding tert-OH is 1. The fourth-order valence-corrected chi connectivity index (χ4v) is 2.81. The molecular weight excluding hydrogens is 231 g/mol. The SMILES string of the molecule is CC(N)c1c(F)cccc1N1CCC(C)C1CO. The minimum absolute atomic E-state index is 0.0595. The fourth-order valence-electron chi connectivity index (χ4n) is 2.81. The van der Waals surface area contributed by atoms with Crippen molar-refractivity contribution in [3.63, 3.8) is 0 Å². The van der Waals surface area contributed by atoms with Crippen molar-refractivity contribution in [1.82, 2.24) is 0 Å². The molecule has 1 saturated heterocycles. The van der Waals surface area contributed by atoms with Crippen LogP contribution in [0.3, 0.4) is 0 Å². The largest absolute Gasteiger partial charge is 0.394 e. The zero-order chi connectivity index (χ0) is 13.3. The van der Waals surface area contributed by atoms with E-state index in [9.17, 15) is 9.50 Å². The Kier molecular flexibility index (Phi) is 3.88. The van der Waals surface area contributed by atoms with Crippen LogP contribution in [-0.4, -0.2) is 24.3 Å². The van der Waals surface area contributed by atoms with Crippen molar-refractivity contribution >= 4 is 5.69 Å². The molecule has 18 heavy (non-hydrogen) atoms. The second-order valence-corrected chi connectivity index (χ2v) is 5.17. The number of halogens is 1. The van der Waals surface area contributed by atoms with E-state index in [1.54, 1.807) is 13.0 Å². The van der Waals surface area contributed by atoms with E-state index in [0.29, 0.717) is 11.5 Å². The Morgan fingerprint density at radius 2 is 2.28 bits per heavy atom. The van der Waals surface area contributed by atoms with Gasteiger partial charge in [0.25, 0.3) is 0 Å². The summed E-state index contributed by atoms with van der Waals surface area (Å²) in [5, 5.41) is 9.50. The first-order valence-corrected chi connectivity index (χ1v) is 6.47. The first-order valence-electron chi connectivity index (χ1n) is 6.47. The van der Waals surface area contributed by atoms with Crippen molar-refractivity contribution in [1.29, 1.82) is 0 Å².